The molecule has 22 heavy (non-hydrogen) atoms. The summed E-state index contributed by atoms with van der Waals surface area (Å²) in [6.45, 7) is 2.16. The van der Waals surface area contributed by atoms with Gasteiger partial charge in [-0.3, -0.25) is 4.79 Å². The number of benzene rings is 1. The Morgan fingerprint density at radius 2 is 2.09 bits per heavy atom. The first kappa shape index (κ1) is 14.0. The molecule has 0 N–H and O–H groups in total. The average molecular weight is 297 g/mol. The lowest BCUT2D eigenvalue weighted by Gasteiger charge is -2.13. The van der Waals surface area contributed by atoms with Crippen molar-refractivity contribution in [3.63, 3.8) is 0 Å². The normalized spacial score (nSPS) is 10.6. The second kappa shape index (κ2) is 5.80. The van der Waals surface area contributed by atoms with Crippen LogP contribution in [0.5, 0.6) is 0 Å². The summed E-state index contributed by atoms with van der Waals surface area (Å²) in [7, 11) is 1.69. The molecule has 0 radical (unpaired) electrons. The van der Waals surface area contributed by atoms with Gasteiger partial charge in [0, 0.05) is 13.1 Å². The SMILES string of the molecule is Cc1cc(CN(C)C(=O)c2cnn(-c3ccccc3)n2)no1. The third-order valence-electron chi connectivity index (χ3n) is 3.12. The molecule has 0 spiro atoms. The smallest absolute Gasteiger partial charge is 0.276 e. The lowest BCUT2D eigenvalue weighted by Crippen LogP contribution is -2.26. The van der Waals surface area contributed by atoms with Crippen molar-refractivity contribution in [2.45, 2.75) is 13.5 Å². The summed E-state index contributed by atoms with van der Waals surface area (Å²) < 4.78 is 4.99. The van der Waals surface area contributed by atoms with E-state index in [1.807, 2.05) is 37.3 Å². The number of nitrogens with zero attached hydrogens (tertiary/aromatic N) is 5. The predicted molar refractivity (Wildman–Crippen MR) is 78.4 cm³/mol. The highest BCUT2D eigenvalue weighted by atomic mass is 16.5. The van der Waals surface area contributed by atoms with E-state index in [9.17, 15) is 4.79 Å². The molecule has 0 saturated heterocycles. The van der Waals surface area contributed by atoms with Crippen LogP contribution in [0.25, 0.3) is 5.69 Å². The Morgan fingerprint density at radius 1 is 1.32 bits per heavy atom. The van der Waals surface area contributed by atoms with Crippen molar-refractivity contribution < 1.29 is 9.32 Å². The Kier molecular flexibility index (Phi) is 3.69. The van der Waals surface area contributed by atoms with Crippen LogP contribution in [-0.2, 0) is 6.54 Å². The summed E-state index contributed by atoms with van der Waals surface area (Å²) in [5.74, 6) is 0.494. The molecule has 3 rings (SSSR count). The lowest BCUT2D eigenvalue weighted by molar-refractivity contribution is 0.0776. The monoisotopic (exact) mass is 297 g/mol. The fourth-order valence-corrected chi connectivity index (χ4v) is 2.05. The predicted octanol–water partition coefficient (Wildman–Crippen LogP) is 1.84. The van der Waals surface area contributed by atoms with Gasteiger partial charge in [0.1, 0.15) is 11.5 Å². The van der Waals surface area contributed by atoms with Crippen LogP contribution < -0.4 is 0 Å². The molecule has 1 aromatic carbocycles. The summed E-state index contributed by atoms with van der Waals surface area (Å²) >= 11 is 0. The fourth-order valence-electron chi connectivity index (χ4n) is 2.05. The number of carbonyl (C=O) groups excluding carboxylic acids is 1. The van der Waals surface area contributed by atoms with E-state index in [0.29, 0.717) is 18.0 Å². The number of aromatic nitrogens is 4. The zero-order valence-corrected chi connectivity index (χ0v) is 12.3. The van der Waals surface area contributed by atoms with Gasteiger partial charge in [-0.25, -0.2) is 0 Å². The first-order valence-electron chi connectivity index (χ1n) is 6.79. The van der Waals surface area contributed by atoms with Gasteiger partial charge >= 0.3 is 0 Å². The maximum absolute atomic E-state index is 12.4. The van der Waals surface area contributed by atoms with Crippen molar-refractivity contribution in [3.8, 4) is 5.69 Å². The molecule has 0 aliphatic heterocycles. The van der Waals surface area contributed by atoms with Gasteiger partial charge in [0.15, 0.2) is 5.69 Å². The Morgan fingerprint density at radius 3 is 2.77 bits per heavy atom. The minimum atomic E-state index is -0.220. The summed E-state index contributed by atoms with van der Waals surface area (Å²) in [6, 6.07) is 11.2. The van der Waals surface area contributed by atoms with E-state index >= 15 is 0 Å². The number of aryl methyl sites for hydroxylation is 1. The Balaban J connectivity index is 1.74. The lowest BCUT2D eigenvalue weighted by atomic mass is 10.3. The fraction of sp³-hybridized carbons (Fsp3) is 0.200. The highest BCUT2D eigenvalue weighted by molar-refractivity contribution is 5.91. The molecule has 2 heterocycles. The Hall–Kier alpha value is -2.96. The molecule has 7 heteroatoms. The molecular weight excluding hydrogens is 282 g/mol. The van der Waals surface area contributed by atoms with Gasteiger partial charge in [-0.05, 0) is 19.1 Å². The summed E-state index contributed by atoms with van der Waals surface area (Å²) in [4.78, 5) is 15.3. The Labute approximate surface area is 127 Å². The first-order chi connectivity index (χ1) is 10.6. The Bertz CT molecular complexity index is 778. The van der Waals surface area contributed by atoms with E-state index in [2.05, 4.69) is 15.4 Å². The zero-order chi connectivity index (χ0) is 15.5. The highest BCUT2D eigenvalue weighted by Gasteiger charge is 2.17. The van der Waals surface area contributed by atoms with Gasteiger partial charge in [-0.1, -0.05) is 23.4 Å². The number of amides is 1. The van der Waals surface area contributed by atoms with Crippen molar-refractivity contribution >= 4 is 5.91 Å². The third-order valence-corrected chi connectivity index (χ3v) is 3.12. The molecule has 112 valence electrons. The molecule has 2 aromatic heterocycles. The molecule has 0 bridgehead atoms. The second-order valence-electron chi connectivity index (χ2n) is 4.94. The van der Waals surface area contributed by atoms with Gasteiger partial charge in [-0.15, -0.1) is 5.10 Å². The van der Waals surface area contributed by atoms with Crippen molar-refractivity contribution in [3.05, 3.63) is 59.7 Å². The van der Waals surface area contributed by atoms with Crippen LogP contribution in [0.2, 0.25) is 0 Å². The van der Waals surface area contributed by atoms with Crippen LogP contribution in [0.4, 0.5) is 0 Å². The maximum atomic E-state index is 12.4. The number of para-hydroxylation sites is 1. The minimum absolute atomic E-state index is 0.220. The quantitative estimate of drug-likeness (QED) is 0.734. The maximum Gasteiger partial charge on any atom is 0.276 e. The van der Waals surface area contributed by atoms with Crippen LogP contribution >= 0.6 is 0 Å². The van der Waals surface area contributed by atoms with E-state index in [0.717, 1.165) is 5.69 Å². The highest BCUT2D eigenvalue weighted by Crippen LogP contribution is 2.09. The molecular formula is C15H15N5O2. The van der Waals surface area contributed by atoms with E-state index in [-0.39, 0.29) is 11.6 Å². The molecule has 0 aliphatic rings. The molecule has 7 nitrogen and oxygen atoms in total. The molecule has 3 aromatic rings. The summed E-state index contributed by atoms with van der Waals surface area (Å²) in [5.41, 5.74) is 1.78. The number of hydrogen-bond acceptors (Lipinski definition) is 5. The van der Waals surface area contributed by atoms with Gasteiger partial charge in [0.05, 0.1) is 18.4 Å². The molecule has 0 fully saturated rings. The van der Waals surface area contributed by atoms with Crippen LogP contribution in [0.3, 0.4) is 0 Å². The van der Waals surface area contributed by atoms with Gasteiger partial charge in [0.25, 0.3) is 5.91 Å². The van der Waals surface area contributed by atoms with Gasteiger partial charge in [-0.2, -0.15) is 9.90 Å². The topological polar surface area (TPSA) is 77.1 Å². The van der Waals surface area contributed by atoms with Crippen molar-refractivity contribution in [2.75, 3.05) is 7.05 Å². The standard InChI is InChI=1S/C15H15N5O2/c1-11-8-12(18-22-11)10-19(2)15(21)14-9-16-20(17-14)13-6-4-3-5-7-13/h3-9H,10H2,1-2H3. The van der Waals surface area contributed by atoms with Crippen LogP contribution in [-0.4, -0.2) is 38.0 Å². The van der Waals surface area contributed by atoms with E-state index < -0.39 is 0 Å². The molecule has 0 unspecified atom stereocenters. The van der Waals surface area contributed by atoms with Crippen molar-refractivity contribution in [1.29, 1.82) is 0 Å². The van der Waals surface area contributed by atoms with E-state index in [1.165, 1.54) is 15.9 Å². The molecule has 0 aliphatic carbocycles. The van der Waals surface area contributed by atoms with Crippen molar-refractivity contribution in [1.82, 2.24) is 25.1 Å². The number of rotatable bonds is 4. The minimum Gasteiger partial charge on any atom is -0.361 e. The van der Waals surface area contributed by atoms with E-state index in [1.54, 1.807) is 13.1 Å². The number of hydrogen-bond donors (Lipinski definition) is 0. The molecule has 0 saturated carbocycles. The zero-order valence-electron chi connectivity index (χ0n) is 12.3. The third kappa shape index (κ3) is 2.88. The molecule has 0 atom stereocenters. The second-order valence-corrected chi connectivity index (χ2v) is 4.94. The summed E-state index contributed by atoms with van der Waals surface area (Å²) in [5, 5.41) is 12.2. The molecule has 1 amide bonds. The van der Waals surface area contributed by atoms with Gasteiger partial charge < -0.3 is 9.42 Å². The van der Waals surface area contributed by atoms with Crippen LogP contribution in [0.1, 0.15) is 21.9 Å². The van der Waals surface area contributed by atoms with Crippen LogP contribution in [0, 0.1) is 6.92 Å². The van der Waals surface area contributed by atoms with Gasteiger partial charge in [0.2, 0.25) is 0 Å². The van der Waals surface area contributed by atoms with E-state index in [4.69, 9.17) is 4.52 Å². The first-order valence-corrected chi connectivity index (χ1v) is 6.79. The number of carbonyl (C=O) groups is 1. The average Bonchev–Trinajstić information content (AvgIpc) is 3.17. The summed E-state index contributed by atoms with van der Waals surface area (Å²) in [6.07, 6.45) is 1.46. The van der Waals surface area contributed by atoms with Crippen LogP contribution in [0.15, 0.2) is 47.1 Å². The largest absolute Gasteiger partial charge is 0.361 e. The van der Waals surface area contributed by atoms with Crippen molar-refractivity contribution in [2.24, 2.45) is 0 Å².